The summed E-state index contributed by atoms with van der Waals surface area (Å²) in [5, 5.41) is 19.4. The normalized spacial score (nSPS) is 19.7. The van der Waals surface area contributed by atoms with Gasteiger partial charge in [-0.15, -0.1) is 5.10 Å². The van der Waals surface area contributed by atoms with Gasteiger partial charge in [0.25, 0.3) is 0 Å². The van der Waals surface area contributed by atoms with E-state index in [9.17, 15) is 5.11 Å². The predicted molar refractivity (Wildman–Crippen MR) is 156 cm³/mol. The van der Waals surface area contributed by atoms with E-state index in [-0.39, 0.29) is 17.6 Å². The molecular weight excluding hydrogens is 518 g/mol. The molecule has 2 aromatic carbocycles. The van der Waals surface area contributed by atoms with Gasteiger partial charge < -0.3 is 19.3 Å². The van der Waals surface area contributed by atoms with E-state index in [0.29, 0.717) is 12.2 Å². The fourth-order valence-corrected chi connectivity index (χ4v) is 6.71. The Kier molecular flexibility index (Phi) is 7.21. The number of hydrogen-bond donors (Lipinski definition) is 1. The molecule has 0 saturated heterocycles. The van der Waals surface area contributed by atoms with Crippen LogP contribution in [0.15, 0.2) is 42.6 Å². The van der Waals surface area contributed by atoms with Crippen LogP contribution in [0.2, 0.25) is 0 Å². The van der Waals surface area contributed by atoms with Crippen molar-refractivity contribution >= 4 is 11.0 Å². The maximum atomic E-state index is 10.7. The fraction of sp³-hybridized carbons (Fsp3) is 0.469. The molecule has 41 heavy (non-hydrogen) atoms. The highest BCUT2D eigenvalue weighted by atomic mass is 16.6. The van der Waals surface area contributed by atoms with Crippen molar-refractivity contribution in [3.05, 3.63) is 76.0 Å². The molecule has 0 amide bonds. The molecule has 3 heterocycles. The van der Waals surface area contributed by atoms with E-state index in [1.165, 1.54) is 18.2 Å². The number of pyridine rings is 1. The molecule has 3 atom stereocenters. The predicted octanol–water partition coefficient (Wildman–Crippen LogP) is 4.83. The Bertz CT molecular complexity index is 1580. The van der Waals surface area contributed by atoms with E-state index >= 15 is 0 Å². The van der Waals surface area contributed by atoms with Crippen LogP contribution in [0.25, 0.3) is 11.0 Å². The molecule has 9 heteroatoms. The number of nitrogens with zero attached hydrogens (tertiary/aromatic N) is 5. The summed E-state index contributed by atoms with van der Waals surface area (Å²) in [6, 6.07) is 13.2. The molecule has 216 valence electrons. The summed E-state index contributed by atoms with van der Waals surface area (Å²) in [5.41, 5.74) is 8.32. The number of aromatic nitrogens is 4. The highest BCUT2D eigenvalue weighted by molar-refractivity contribution is 5.86. The Morgan fingerprint density at radius 3 is 2.78 bits per heavy atom. The zero-order valence-electron chi connectivity index (χ0n) is 24.7. The number of rotatable bonds is 7. The largest absolute Gasteiger partial charge is 0.494 e. The average Bonchev–Trinajstić information content (AvgIpc) is 3.52. The van der Waals surface area contributed by atoms with Crippen LogP contribution < -0.4 is 9.47 Å². The van der Waals surface area contributed by atoms with Crippen molar-refractivity contribution in [3.8, 4) is 11.6 Å². The first-order valence-corrected chi connectivity index (χ1v) is 14.3. The standard InChI is InChI=1S/C32H39N5O4/c1-19-23(15-27(39-5)30-29(19)34-35-36(30)4)24(16-28(38)40-6)21-10-9-20-11-12-26(25(20)14-21)37-17-22-8-7-13-33-31(22)41-32(2,3)18-37/h7-10,13-15,24,26,28,38H,11-12,16-18H2,1-6H3. The van der Waals surface area contributed by atoms with Gasteiger partial charge in [0.15, 0.2) is 6.29 Å². The van der Waals surface area contributed by atoms with Crippen LogP contribution in [0.5, 0.6) is 11.6 Å². The molecule has 1 aliphatic carbocycles. The molecule has 2 aromatic heterocycles. The average molecular weight is 558 g/mol. The number of hydrogen-bond acceptors (Lipinski definition) is 8. The number of ether oxygens (including phenoxy) is 3. The van der Waals surface area contributed by atoms with Gasteiger partial charge in [0.1, 0.15) is 22.4 Å². The lowest BCUT2D eigenvalue weighted by Gasteiger charge is -2.34. The number of aliphatic hydroxyl groups excluding tert-OH is 1. The third kappa shape index (κ3) is 5.07. The number of aliphatic hydroxyl groups is 1. The highest BCUT2D eigenvalue weighted by Gasteiger charge is 2.37. The third-order valence-corrected chi connectivity index (χ3v) is 8.68. The summed E-state index contributed by atoms with van der Waals surface area (Å²) in [5.74, 6) is 1.30. The van der Waals surface area contributed by atoms with Gasteiger partial charge in [-0.2, -0.15) is 0 Å². The molecule has 0 fully saturated rings. The van der Waals surface area contributed by atoms with Crippen LogP contribution in [0.1, 0.15) is 72.0 Å². The summed E-state index contributed by atoms with van der Waals surface area (Å²) in [4.78, 5) is 7.07. The van der Waals surface area contributed by atoms with Crippen LogP contribution in [-0.4, -0.2) is 62.6 Å². The smallest absolute Gasteiger partial charge is 0.218 e. The van der Waals surface area contributed by atoms with Crippen molar-refractivity contribution in [1.82, 2.24) is 24.9 Å². The van der Waals surface area contributed by atoms with Crippen LogP contribution in [-0.2, 0) is 24.8 Å². The number of benzene rings is 2. The lowest BCUT2D eigenvalue weighted by atomic mass is 9.83. The van der Waals surface area contributed by atoms with E-state index in [1.807, 2.05) is 13.1 Å². The van der Waals surface area contributed by atoms with E-state index in [2.05, 4.69) is 71.3 Å². The number of fused-ring (bicyclic) bond motifs is 3. The van der Waals surface area contributed by atoms with Crippen LogP contribution in [0, 0.1) is 6.92 Å². The first kappa shape index (κ1) is 27.6. The summed E-state index contributed by atoms with van der Waals surface area (Å²) in [6.07, 6.45) is 3.36. The van der Waals surface area contributed by atoms with Crippen LogP contribution in [0.3, 0.4) is 0 Å². The van der Waals surface area contributed by atoms with Crippen molar-refractivity contribution in [3.63, 3.8) is 0 Å². The summed E-state index contributed by atoms with van der Waals surface area (Å²) >= 11 is 0. The second-order valence-corrected chi connectivity index (χ2v) is 11.9. The molecule has 0 radical (unpaired) electrons. The van der Waals surface area contributed by atoms with Crippen LogP contribution >= 0.6 is 0 Å². The minimum absolute atomic E-state index is 0.134. The molecule has 1 aliphatic heterocycles. The maximum absolute atomic E-state index is 10.7. The zero-order valence-corrected chi connectivity index (χ0v) is 24.7. The van der Waals surface area contributed by atoms with Gasteiger partial charge >= 0.3 is 0 Å². The van der Waals surface area contributed by atoms with Gasteiger partial charge in [0, 0.05) is 57.4 Å². The minimum atomic E-state index is -0.917. The van der Waals surface area contributed by atoms with Crippen molar-refractivity contribution in [1.29, 1.82) is 0 Å². The Hall–Kier alpha value is -3.53. The van der Waals surface area contributed by atoms with E-state index in [1.54, 1.807) is 18.0 Å². The zero-order chi connectivity index (χ0) is 28.9. The molecular formula is C32H39N5O4. The minimum Gasteiger partial charge on any atom is -0.494 e. The summed E-state index contributed by atoms with van der Waals surface area (Å²) in [6.45, 7) is 7.92. The Morgan fingerprint density at radius 2 is 2.00 bits per heavy atom. The lowest BCUT2D eigenvalue weighted by molar-refractivity contribution is -0.0802. The SMILES string of the molecule is COc1cc(C(CC(O)OC)c2ccc3c(c2)C(N2Cc4cccnc4OC(C)(C)C2)CC3)c(C)c2nnn(C)c12. The quantitative estimate of drug-likeness (QED) is 0.323. The fourth-order valence-electron chi connectivity index (χ4n) is 6.71. The number of aryl methyl sites for hydroxylation is 3. The molecule has 1 N–H and O–H groups in total. The van der Waals surface area contributed by atoms with Gasteiger partial charge in [-0.3, -0.25) is 4.90 Å². The first-order valence-electron chi connectivity index (χ1n) is 14.3. The second-order valence-electron chi connectivity index (χ2n) is 11.9. The summed E-state index contributed by atoms with van der Waals surface area (Å²) < 4.78 is 19.2. The van der Waals surface area contributed by atoms with Gasteiger partial charge in [-0.1, -0.05) is 29.5 Å². The summed E-state index contributed by atoms with van der Waals surface area (Å²) in [7, 11) is 5.07. The number of methoxy groups -OCH3 is 2. The van der Waals surface area contributed by atoms with Gasteiger partial charge in [0.05, 0.1) is 7.11 Å². The lowest BCUT2D eigenvalue weighted by Crippen LogP contribution is -2.41. The van der Waals surface area contributed by atoms with E-state index in [0.717, 1.165) is 65.1 Å². The molecule has 0 bridgehead atoms. The van der Waals surface area contributed by atoms with Crippen molar-refractivity contribution in [2.75, 3.05) is 20.8 Å². The molecule has 6 rings (SSSR count). The Labute approximate surface area is 241 Å². The molecule has 0 saturated carbocycles. The Morgan fingerprint density at radius 1 is 1.17 bits per heavy atom. The maximum Gasteiger partial charge on any atom is 0.218 e. The van der Waals surface area contributed by atoms with Gasteiger partial charge in [-0.05, 0) is 73.6 Å². The first-order chi connectivity index (χ1) is 19.7. The van der Waals surface area contributed by atoms with Gasteiger partial charge in [-0.25, -0.2) is 9.67 Å². The Balaban J connectivity index is 1.42. The highest BCUT2D eigenvalue weighted by Crippen LogP contribution is 2.44. The monoisotopic (exact) mass is 557 g/mol. The molecule has 9 nitrogen and oxygen atoms in total. The van der Waals surface area contributed by atoms with E-state index in [4.69, 9.17) is 14.2 Å². The molecule has 3 unspecified atom stereocenters. The third-order valence-electron chi connectivity index (χ3n) is 8.68. The van der Waals surface area contributed by atoms with Gasteiger partial charge in [0.2, 0.25) is 5.88 Å². The van der Waals surface area contributed by atoms with Crippen molar-refractivity contribution in [2.45, 2.75) is 70.4 Å². The van der Waals surface area contributed by atoms with Crippen molar-refractivity contribution in [2.24, 2.45) is 7.05 Å². The second kappa shape index (κ2) is 10.7. The molecule has 0 spiro atoms. The topological polar surface area (TPSA) is 94.8 Å². The van der Waals surface area contributed by atoms with Crippen molar-refractivity contribution < 1.29 is 19.3 Å². The molecule has 4 aromatic rings. The molecule has 2 aliphatic rings. The van der Waals surface area contributed by atoms with E-state index < -0.39 is 6.29 Å². The van der Waals surface area contributed by atoms with Crippen LogP contribution in [0.4, 0.5) is 0 Å².